The lowest BCUT2D eigenvalue weighted by atomic mass is 9.97. The highest BCUT2D eigenvalue weighted by Crippen LogP contribution is 2.39. The molecule has 4 nitrogen and oxygen atoms in total. The zero-order valence-corrected chi connectivity index (χ0v) is 20.2. The first kappa shape index (κ1) is 21.1. The van der Waals surface area contributed by atoms with Crippen LogP contribution in [0.2, 0.25) is 0 Å². The van der Waals surface area contributed by atoms with E-state index in [4.69, 9.17) is 9.97 Å². The van der Waals surface area contributed by atoms with Gasteiger partial charge in [0, 0.05) is 20.8 Å². The predicted molar refractivity (Wildman–Crippen MR) is 129 cm³/mol. The Kier molecular flexibility index (Phi) is 7.11. The molecule has 2 heterocycles. The molecule has 4 rings (SSSR count). The van der Waals surface area contributed by atoms with Crippen molar-refractivity contribution in [2.24, 2.45) is 0 Å². The Bertz CT molecular complexity index is 969. The van der Waals surface area contributed by atoms with Crippen molar-refractivity contribution < 1.29 is 0 Å². The third kappa shape index (κ3) is 5.32. The quantitative estimate of drug-likeness (QED) is 0.310. The summed E-state index contributed by atoms with van der Waals surface area (Å²) in [5.41, 5.74) is 1.50. The van der Waals surface area contributed by atoms with Gasteiger partial charge in [0.1, 0.15) is 16.5 Å². The van der Waals surface area contributed by atoms with Crippen molar-refractivity contribution >= 4 is 55.1 Å². The average Bonchev–Trinajstić information content (AvgIpc) is 3.09. The molecule has 0 radical (unpaired) electrons. The molecule has 2 aromatic heterocycles. The van der Waals surface area contributed by atoms with Gasteiger partial charge in [-0.05, 0) is 82.6 Å². The Hall–Kier alpha value is -1.15. The van der Waals surface area contributed by atoms with Crippen molar-refractivity contribution in [1.82, 2.24) is 14.9 Å². The molecule has 0 amide bonds. The molecule has 0 aliphatic heterocycles. The largest absolute Gasteiger partial charge is 0.369 e. The first-order chi connectivity index (χ1) is 14.1. The van der Waals surface area contributed by atoms with Gasteiger partial charge < -0.3 is 10.2 Å². The van der Waals surface area contributed by atoms with E-state index < -0.39 is 0 Å². The number of thioether (sulfide) groups is 1. The Labute approximate surface area is 189 Å². The van der Waals surface area contributed by atoms with Gasteiger partial charge in [-0.2, -0.15) is 0 Å². The molecular formula is C22H27BrN4S2. The number of nitrogens with zero attached hydrogens (tertiary/aromatic N) is 3. The minimum Gasteiger partial charge on any atom is -0.369 e. The zero-order valence-electron chi connectivity index (χ0n) is 17.0. The Morgan fingerprint density at radius 1 is 1.14 bits per heavy atom. The van der Waals surface area contributed by atoms with Gasteiger partial charge in [0.2, 0.25) is 0 Å². The molecule has 0 atom stereocenters. The third-order valence-corrected chi connectivity index (χ3v) is 7.84. The third-order valence-electron chi connectivity index (χ3n) is 5.12. The molecule has 1 aromatic carbocycles. The lowest BCUT2D eigenvalue weighted by molar-refractivity contribution is 0.405. The highest BCUT2D eigenvalue weighted by atomic mass is 79.9. The molecule has 0 bridgehead atoms. The van der Waals surface area contributed by atoms with Crippen LogP contribution in [0.15, 0.2) is 33.6 Å². The SMILES string of the molecule is CN(C)CCCNc1nc(CSc2ccc(Br)cc2)nc2sc3c(c12)CCCC3. The minimum absolute atomic E-state index is 0.784. The Balaban J connectivity index is 1.58. The van der Waals surface area contributed by atoms with E-state index in [0.29, 0.717) is 0 Å². The molecule has 154 valence electrons. The molecule has 1 N–H and O–H groups in total. The van der Waals surface area contributed by atoms with E-state index in [9.17, 15) is 0 Å². The van der Waals surface area contributed by atoms with Crippen molar-refractivity contribution in [3.8, 4) is 0 Å². The zero-order chi connectivity index (χ0) is 20.2. The first-order valence-electron chi connectivity index (χ1n) is 10.2. The lowest BCUT2D eigenvalue weighted by Crippen LogP contribution is -2.17. The second-order valence-electron chi connectivity index (χ2n) is 7.71. The summed E-state index contributed by atoms with van der Waals surface area (Å²) in [7, 11) is 4.24. The number of nitrogens with one attached hydrogen (secondary N) is 1. The maximum absolute atomic E-state index is 4.97. The van der Waals surface area contributed by atoms with Crippen LogP contribution in [0.5, 0.6) is 0 Å². The van der Waals surface area contributed by atoms with Gasteiger partial charge in [0.05, 0.1) is 11.1 Å². The van der Waals surface area contributed by atoms with E-state index in [2.05, 4.69) is 64.5 Å². The molecule has 0 fully saturated rings. The summed E-state index contributed by atoms with van der Waals surface area (Å²) in [4.78, 5) is 16.1. The predicted octanol–water partition coefficient (Wildman–Crippen LogP) is 5.99. The van der Waals surface area contributed by atoms with Crippen molar-refractivity contribution in [2.75, 3.05) is 32.5 Å². The van der Waals surface area contributed by atoms with Crippen LogP contribution in [-0.2, 0) is 18.6 Å². The second-order valence-corrected chi connectivity index (χ2v) is 10.8. The van der Waals surface area contributed by atoms with Crippen molar-refractivity contribution in [3.63, 3.8) is 0 Å². The Morgan fingerprint density at radius 3 is 2.72 bits per heavy atom. The fourth-order valence-corrected chi connectivity index (χ4v) is 5.97. The summed E-state index contributed by atoms with van der Waals surface area (Å²) in [5, 5.41) is 4.92. The van der Waals surface area contributed by atoms with Crippen LogP contribution in [0.4, 0.5) is 5.82 Å². The van der Waals surface area contributed by atoms with Gasteiger partial charge in [-0.15, -0.1) is 23.1 Å². The highest BCUT2D eigenvalue weighted by molar-refractivity contribution is 9.10. The maximum Gasteiger partial charge on any atom is 0.142 e. The van der Waals surface area contributed by atoms with Crippen LogP contribution in [0.3, 0.4) is 0 Å². The van der Waals surface area contributed by atoms with E-state index in [1.54, 1.807) is 11.8 Å². The fraction of sp³-hybridized carbons (Fsp3) is 0.455. The smallest absolute Gasteiger partial charge is 0.142 e. The number of rotatable bonds is 8. The van der Waals surface area contributed by atoms with E-state index in [-0.39, 0.29) is 0 Å². The van der Waals surface area contributed by atoms with Crippen LogP contribution < -0.4 is 5.32 Å². The van der Waals surface area contributed by atoms with E-state index in [1.165, 1.54) is 40.0 Å². The van der Waals surface area contributed by atoms with E-state index >= 15 is 0 Å². The van der Waals surface area contributed by atoms with Gasteiger partial charge in [-0.25, -0.2) is 9.97 Å². The summed E-state index contributed by atoms with van der Waals surface area (Å²) < 4.78 is 1.10. The molecule has 7 heteroatoms. The molecule has 1 aliphatic carbocycles. The molecule has 1 aliphatic rings. The molecule has 0 saturated carbocycles. The molecular weight excluding hydrogens is 464 g/mol. The van der Waals surface area contributed by atoms with E-state index in [1.807, 2.05) is 11.3 Å². The molecule has 0 unspecified atom stereocenters. The Morgan fingerprint density at radius 2 is 1.93 bits per heavy atom. The number of aromatic nitrogens is 2. The summed E-state index contributed by atoms with van der Waals surface area (Å²) in [6, 6.07) is 8.43. The van der Waals surface area contributed by atoms with Crippen LogP contribution in [0.1, 0.15) is 35.5 Å². The van der Waals surface area contributed by atoms with Crippen LogP contribution >= 0.6 is 39.0 Å². The number of thiophene rings is 1. The number of anilines is 1. The van der Waals surface area contributed by atoms with Crippen LogP contribution in [0, 0.1) is 0 Å². The number of fused-ring (bicyclic) bond motifs is 3. The average molecular weight is 492 g/mol. The highest BCUT2D eigenvalue weighted by Gasteiger charge is 2.21. The second kappa shape index (κ2) is 9.77. The topological polar surface area (TPSA) is 41.0 Å². The van der Waals surface area contributed by atoms with Crippen molar-refractivity contribution in [2.45, 2.75) is 42.8 Å². The summed E-state index contributed by atoms with van der Waals surface area (Å²) in [6.07, 6.45) is 6.04. The number of aryl methyl sites for hydroxylation is 2. The van der Waals surface area contributed by atoms with Gasteiger partial charge >= 0.3 is 0 Å². The molecule has 0 saturated heterocycles. The summed E-state index contributed by atoms with van der Waals surface area (Å²) in [5.74, 6) is 2.74. The molecule has 0 spiro atoms. The minimum atomic E-state index is 0.784. The normalized spacial score (nSPS) is 13.8. The maximum atomic E-state index is 4.97. The number of benzene rings is 1. The lowest BCUT2D eigenvalue weighted by Gasteiger charge is -2.14. The van der Waals surface area contributed by atoms with Crippen molar-refractivity contribution in [1.29, 1.82) is 0 Å². The van der Waals surface area contributed by atoms with Crippen molar-refractivity contribution in [3.05, 3.63) is 45.0 Å². The monoisotopic (exact) mass is 490 g/mol. The van der Waals surface area contributed by atoms with Gasteiger partial charge in [0.25, 0.3) is 0 Å². The van der Waals surface area contributed by atoms with Gasteiger partial charge in [-0.1, -0.05) is 15.9 Å². The summed E-state index contributed by atoms with van der Waals surface area (Å²) >= 11 is 7.17. The molecule has 3 aromatic rings. The number of hydrogen-bond acceptors (Lipinski definition) is 6. The standard InChI is InChI=1S/C22H27BrN4S2/c1-27(2)13-5-12-24-21-20-17-6-3-4-7-18(17)29-22(20)26-19(25-21)14-28-16-10-8-15(23)9-11-16/h8-11H,3-7,12-14H2,1-2H3,(H,24,25,26). The number of halogens is 1. The summed E-state index contributed by atoms with van der Waals surface area (Å²) in [6.45, 7) is 2.02. The van der Waals surface area contributed by atoms with Gasteiger partial charge in [0.15, 0.2) is 0 Å². The van der Waals surface area contributed by atoms with Crippen LogP contribution in [-0.4, -0.2) is 42.1 Å². The fourth-order valence-electron chi connectivity index (χ4n) is 3.67. The van der Waals surface area contributed by atoms with E-state index in [0.717, 1.165) is 52.6 Å². The number of hydrogen-bond donors (Lipinski definition) is 1. The van der Waals surface area contributed by atoms with Gasteiger partial charge in [-0.3, -0.25) is 0 Å². The van der Waals surface area contributed by atoms with Crippen LogP contribution in [0.25, 0.3) is 10.2 Å². The first-order valence-corrected chi connectivity index (χ1v) is 12.8. The molecule has 29 heavy (non-hydrogen) atoms.